The first-order chi connectivity index (χ1) is 23.7. The normalized spacial score (nSPS) is 12.0. The summed E-state index contributed by atoms with van der Waals surface area (Å²) >= 11 is 0. The molecule has 314 valence electrons. The maximum atomic E-state index is 8.88. The molecule has 0 aromatic carbocycles. The van der Waals surface area contributed by atoms with Crippen LogP contribution in [0.5, 0.6) is 0 Å². The standard InChI is InChI=1S/C22H48N.C17H38N.2H3O4P/c1-5-7-9-11-13-15-17-19-21-23(3,4)22-20-18-16-14-12-10-8-6-2;1-5-7-9-11-12-13-15-17-18(3,4)16-14-10-8-6-2;2*1-5(2,3)4/h5-22H2,1-4H3;5-17H2,1-4H3;2*(H3,1,2,3,4)/q2*+1;;/p-2. The molecule has 0 aliphatic rings. The van der Waals surface area contributed by atoms with Gasteiger partial charge in [-0.05, 0) is 51.4 Å². The fourth-order valence-corrected chi connectivity index (χ4v) is 6.03. The van der Waals surface area contributed by atoms with E-state index in [0.717, 1.165) is 0 Å². The van der Waals surface area contributed by atoms with Crippen LogP contribution in [-0.2, 0) is 9.13 Å². The van der Waals surface area contributed by atoms with Gasteiger partial charge >= 0.3 is 7.82 Å². The number of unbranched alkanes of at least 4 members (excludes halogenated alkanes) is 23. The van der Waals surface area contributed by atoms with Crippen molar-refractivity contribution < 1.29 is 47.5 Å². The molecule has 0 radical (unpaired) electrons. The van der Waals surface area contributed by atoms with Gasteiger partial charge in [0.1, 0.15) is 0 Å². The molecule has 0 atom stereocenters. The van der Waals surface area contributed by atoms with Gasteiger partial charge in [-0.25, -0.2) is 4.57 Å². The van der Waals surface area contributed by atoms with E-state index >= 15 is 0 Å². The summed E-state index contributed by atoms with van der Waals surface area (Å²) in [5.41, 5.74) is 0. The first-order valence-corrected chi connectivity index (χ1v) is 24.0. The van der Waals surface area contributed by atoms with E-state index in [4.69, 9.17) is 38.5 Å². The molecule has 12 heteroatoms. The van der Waals surface area contributed by atoms with Crippen molar-refractivity contribution in [1.29, 1.82) is 0 Å². The Labute approximate surface area is 317 Å². The molecule has 0 aliphatic heterocycles. The van der Waals surface area contributed by atoms with Gasteiger partial charge in [0.15, 0.2) is 0 Å². The van der Waals surface area contributed by atoms with Gasteiger partial charge in [0.25, 0.3) is 0 Å². The molecule has 0 saturated heterocycles. The summed E-state index contributed by atoms with van der Waals surface area (Å²) in [5.74, 6) is 0. The molecule has 0 amide bonds. The molecule has 0 saturated carbocycles. The zero-order chi connectivity index (χ0) is 39.9. The van der Waals surface area contributed by atoms with E-state index < -0.39 is 15.6 Å². The molecule has 10 nitrogen and oxygen atoms in total. The topological polar surface area (TPSA) is 161 Å². The molecule has 0 bridgehead atoms. The molecular weight excluding hydrogens is 686 g/mol. The summed E-state index contributed by atoms with van der Waals surface area (Å²) in [7, 11) is -0.100. The molecule has 0 aliphatic carbocycles. The predicted octanol–water partition coefficient (Wildman–Crippen LogP) is 9.62. The van der Waals surface area contributed by atoms with Crippen LogP contribution < -0.4 is 9.79 Å². The van der Waals surface area contributed by atoms with Crippen molar-refractivity contribution in [2.45, 2.75) is 201 Å². The Balaban J connectivity index is -0.000000347. The highest BCUT2D eigenvalue weighted by Crippen LogP contribution is 2.25. The molecule has 0 aromatic rings. The molecule has 0 rings (SSSR count). The molecule has 0 spiro atoms. The van der Waals surface area contributed by atoms with Gasteiger partial charge in [-0.2, -0.15) is 0 Å². The fraction of sp³-hybridized carbons (Fsp3) is 1.00. The summed E-state index contributed by atoms with van der Waals surface area (Å²) < 4.78 is 20.0. The van der Waals surface area contributed by atoms with Crippen molar-refractivity contribution in [2.75, 3.05) is 54.4 Å². The molecule has 0 unspecified atom stereocenters. The van der Waals surface area contributed by atoms with E-state index in [-0.39, 0.29) is 0 Å². The van der Waals surface area contributed by atoms with Gasteiger partial charge in [-0.3, -0.25) is 0 Å². The third-order valence-corrected chi connectivity index (χ3v) is 9.22. The average molecular weight is 777 g/mol. The smallest absolute Gasteiger partial charge is 0.466 e. The Hall–Kier alpha value is 0.140. The number of quaternary nitrogens is 2. The quantitative estimate of drug-likeness (QED) is 0.0308. The van der Waals surface area contributed by atoms with Crippen LogP contribution in [0.1, 0.15) is 201 Å². The molecule has 0 fully saturated rings. The van der Waals surface area contributed by atoms with Crippen molar-refractivity contribution in [3.63, 3.8) is 0 Å². The van der Waals surface area contributed by atoms with E-state index in [1.54, 1.807) is 0 Å². The SMILES string of the molecule is CCCCCCCCCC[N+](C)(C)CCCCCCCCCC.CCCCCCCCC[N+](C)(C)CCCCCC.O=P(O)(O)O.O=P([O-])([O-])O. The molecule has 0 heterocycles. The maximum absolute atomic E-state index is 8.88. The van der Waals surface area contributed by atoms with Crippen molar-refractivity contribution >= 4 is 15.6 Å². The van der Waals surface area contributed by atoms with Gasteiger partial charge in [-0.15, -0.1) is 0 Å². The Morgan fingerprint density at radius 1 is 0.353 bits per heavy atom. The second kappa shape index (κ2) is 39.8. The minimum atomic E-state index is -5.14. The van der Waals surface area contributed by atoms with Gasteiger partial charge in [-0.1, -0.05) is 150 Å². The fourth-order valence-electron chi connectivity index (χ4n) is 6.03. The maximum Gasteiger partial charge on any atom is 0.466 e. The number of nitrogens with zero attached hydrogens (tertiary/aromatic N) is 2. The van der Waals surface area contributed by atoms with E-state index in [9.17, 15) is 0 Å². The molecule has 0 aromatic heterocycles. The highest BCUT2D eigenvalue weighted by Gasteiger charge is 2.14. The van der Waals surface area contributed by atoms with Crippen molar-refractivity contribution in [1.82, 2.24) is 0 Å². The number of phosphoric acid groups is 2. The predicted molar refractivity (Wildman–Crippen MR) is 215 cm³/mol. The number of hydrogen-bond acceptors (Lipinski definition) is 4. The number of hydrogen-bond donors (Lipinski definition) is 4. The Morgan fingerprint density at radius 3 is 0.627 bits per heavy atom. The van der Waals surface area contributed by atoms with Crippen LogP contribution in [0.4, 0.5) is 0 Å². The van der Waals surface area contributed by atoms with Crippen LogP contribution in [0.3, 0.4) is 0 Å². The van der Waals surface area contributed by atoms with Crippen molar-refractivity contribution in [3.8, 4) is 0 Å². The second-order valence-electron chi connectivity index (χ2n) is 15.9. The first-order valence-electron chi connectivity index (χ1n) is 20.9. The van der Waals surface area contributed by atoms with Crippen LogP contribution in [0, 0.1) is 0 Å². The lowest BCUT2D eigenvalue weighted by atomic mass is 10.1. The summed E-state index contributed by atoms with van der Waals surface area (Å²) in [6.45, 7) is 14.7. The highest BCUT2D eigenvalue weighted by atomic mass is 31.2. The molecular formula is C39H90N2O8P2. The van der Waals surface area contributed by atoms with Crippen molar-refractivity contribution in [2.24, 2.45) is 0 Å². The van der Waals surface area contributed by atoms with Crippen LogP contribution >= 0.6 is 15.6 Å². The number of rotatable bonds is 31. The lowest BCUT2D eigenvalue weighted by Gasteiger charge is -2.30. The minimum Gasteiger partial charge on any atom is -0.790 e. The summed E-state index contributed by atoms with van der Waals surface area (Å²) in [6, 6.07) is 0. The zero-order valence-corrected chi connectivity index (χ0v) is 36.9. The largest absolute Gasteiger partial charge is 0.790 e. The Morgan fingerprint density at radius 2 is 0.471 bits per heavy atom. The summed E-state index contributed by atoms with van der Waals surface area (Å²) in [4.78, 5) is 45.8. The van der Waals surface area contributed by atoms with Crippen LogP contribution in [-0.4, -0.2) is 82.9 Å². The van der Waals surface area contributed by atoms with Crippen LogP contribution in [0.15, 0.2) is 0 Å². The molecule has 4 N–H and O–H groups in total. The first kappa shape index (κ1) is 57.9. The van der Waals surface area contributed by atoms with Crippen molar-refractivity contribution in [3.05, 3.63) is 0 Å². The third-order valence-electron chi connectivity index (χ3n) is 9.22. The third kappa shape index (κ3) is 75.8. The van der Waals surface area contributed by atoms with Gasteiger partial charge < -0.3 is 42.9 Å². The second-order valence-corrected chi connectivity index (χ2v) is 17.8. The lowest BCUT2D eigenvalue weighted by molar-refractivity contribution is -0.890. The van der Waals surface area contributed by atoms with Crippen LogP contribution in [0.25, 0.3) is 0 Å². The summed E-state index contributed by atoms with van der Waals surface area (Å²) in [5, 5.41) is 0. The lowest BCUT2D eigenvalue weighted by Crippen LogP contribution is -2.41. The van der Waals surface area contributed by atoms with Gasteiger partial charge in [0.05, 0.1) is 62.2 Å². The highest BCUT2D eigenvalue weighted by molar-refractivity contribution is 7.45. The Bertz CT molecular complexity index is 718. The average Bonchev–Trinajstić information content (AvgIpc) is 3.00. The van der Waals surface area contributed by atoms with Gasteiger partial charge in [0.2, 0.25) is 0 Å². The van der Waals surface area contributed by atoms with Crippen LogP contribution in [0.2, 0.25) is 0 Å². The van der Waals surface area contributed by atoms with Gasteiger partial charge in [0, 0.05) is 0 Å². The minimum absolute atomic E-state index is 1.23. The Kier molecular flexibility index (Phi) is 45.2. The van der Waals surface area contributed by atoms with E-state index in [2.05, 4.69) is 55.9 Å². The van der Waals surface area contributed by atoms with E-state index in [1.165, 1.54) is 209 Å². The monoisotopic (exact) mass is 777 g/mol. The molecule has 51 heavy (non-hydrogen) atoms. The van der Waals surface area contributed by atoms with E-state index in [0.29, 0.717) is 0 Å². The summed E-state index contributed by atoms with van der Waals surface area (Å²) in [6.07, 6.45) is 38.7. The zero-order valence-electron chi connectivity index (χ0n) is 35.1. The van der Waals surface area contributed by atoms with E-state index in [1.807, 2.05) is 0 Å².